The fourth-order valence-electron chi connectivity index (χ4n) is 2.51. The van der Waals surface area contributed by atoms with E-state index in [0.717, 1.165) is 10.8 Å². The molecule has 3 aromatic carbocycles. The van der Waals surface area contributed by atoms with Crippen molar-refractivity contribution >= 4 is 28.3 Å². The van der Waals surface area contributed by atoms with Gasteiger partial charge < -0.3 is 15.4 Å². The van der Waals surface area contributed by atoms with Gasteiger partial charge >= 0.3 is 0 Å². The number of carbonyl (C=O) groups excluding carboxylic acids is 2. The zero-order chi connectivity index (χ0) is 17.6. The summed E-state index contributed by atoms with van der Waals surface area (Å²) in [6.07, 6.45) is 0. The third-order valence-corrected chi connectivity index (χ3v) is 3.77. The topological polar surface area (TPSA) is 67.4 Å². The smallest absolute Gasteiger partial charge is 0.262 e. The molecule has 25 heavy (non-hydrogen) atoms. The largest absolute Gasteiger partial charge is 0.483 e. The van der Waals surface area contributed by atoms with Gasteiger partial charge in [-0.25, -0.2) is 0 Å². The van der Waals surface area contributed by atoms with E-state index in [2.05, 4.69) is 10.6 Å². The van der Waals surface area contributed by atoms with Gasteiger partial charge in [0.25, 0.3) is 11.8 Å². The van der Waals surface area contributed by atoms with Gasteiger partial charge in [0.1, 0.15) is 5.75 Å². The van der Waals surface area contributed by atoms with Crippen molar-refractivity contribution in [2.24, 2.45) is 0 Å². The van der Waals surface area contributed by atoms with Crippen molar-refractivity contribution in [2.75, 3.05) is 19.0 Å². The number of nitrogens with one attached hydrogen (secondary N) is 2. The molecule has 0 radical (unpaired) electrons. The molecule has 126 valence electrons. The van der Waals surface area contributed by atoms with Gasteiger partial charge in [-0.15, -0.1) is 0 Å². The number of hydrogen-bond donors (Lipinski definition) is 2. The minimum absolute atomic E-state index is 0.0921. The van der Waals surface area contributed by atoms with E-state index >= 15 is 0 Å². The Morgan fingerprint density at radius 3 is 2.40 bits per heavy atom. The predicted octanol–water partition coefficient (Wildman–Crippen LogP) is 3.22. The van der Waals surface area contributed by atoms with Crippen LogP contribution in [0.5, 0.6) is 5.75 Å². The molecule has 2 amide bonds. The molecule has 5 nitrogen and oxygen atoms in total. The lowest BCUT2D eigenvalue weighted by Crippen LogP contribution is -2.20. The summed E-state index contributed by atoms with van der Waals surface area (Å²) in [5, 5.41) is 7.32. The minimum Gasteiger partial charge on any atom is -0.483 e. The zero-order valence-electron chi connectivity index (χ0n) is 13.8. The predicted molar refractivity (Wildman–Crippen MR) is 97.9 cm³/mol. The molecule has 0 atom stereocenters. The summed E-state index contributed by atoms with van der Waals surface area (Å²) in [5.41, 5.74) is 1.15. The molecule has 0 spiro atoms. The fraction of sp³-hybridized carbons (Fsp3) is 0.100. The first-order chi connectivity index (χ1) is 12.2. The van der Waals surface area contributed by atoms with Crippen LogP contribution in [0.3, 0.4) is 0 Å². The van der Waals surface area contributed by atoms with Crippen molar-refractivity contribution in [3.8, 4) is 5.75 Å². The first-order valence-electron chi connectivity index (χ1n) is 7.90. The lowest BCUT2D eigenvalue weighted by molar-refractivity contribution is -0.118. The molecule has 0 saturated carbocycles. The molecule has 0 aliphatic heterocycles. The molecule has 3 rings (SSSR count). The van der Waals surface area contributed by atoms with Crippen LogP contribution in [-0.2, 0) is 4.79 Å². The fourth-order valence-corrected chi connectivity index (χ4v) is 2.51. The highest BCUT2D eigenvalue weighted by Gasteiger charge is 2.07. The van der Waals surface area contributed by atoms with E-state index < -0.39 is 0 Å². The SMILES string of the molecule is CNC(=O)c1ccc(NC(=O)COc2cccc3ccccc23)cc1. The summed E-state index contributed by atoms with van der Waals surface area (Å²) in [4.78, 5) is 23.6. The number of carbonyl (C=O) groups is 2. The Bertz CT molecular complexity index is 899. The summed E-state index contributed by atoms with van der Waals surface area (Å²) in [6.45, 7) is -0.0921. The van der Waals surface area contributed by atoms with Crippen molar-refractivity contribution in [2.45, 2.75) is 0 Å². The monoisotopic (exact) mass is 334 g/mol. The molecule has 0 aliphatic rings. The Kier molecular flexibility index (Phi) is 4.95. The van der Waals surface area contributed by atoms with Crippen LogP contribution in [0.25, 0.3) is 10.8 Å². The van der Waals surface area contributed by atoms with E-state index in [1.807, 2.05) is 42.5 Å². The van der Waals surface area contributed by atoms with Gasteiger partial charge in [-0.1, -0.05) is 36.4 Å². The Morgan fingerprint density at radius 2 is 1.64 bits per heavy atom. The van der Waals surface area contributed by atoms with Gasteiger partial charge in [-0.2, -0.15) is 0 Å². The summed E-state index contributed by atoms with van der Waals surface area (Å²) >= 11 is 0. The molecule has 3 aromatic rings. The maximum absolute atomic E-state index is 12.1. The van der Waals surface area contributed by atoms with Gasteiger partial charge in [0, 0.05) is 23.7 Å². The number of amides is 2. The molecule has 0 saturated heterocycles. The average Bonchev–Trinajstić information content (AvgIpc) is 2.66. The third-order valence-electron chi connectivity index (χ3n) is 3.77. The second kappa shape index (κ2) is 7.49. The van der Waals surface area contributed by atoms with Gasteiger partial charge in [-0.3, -0.25) is 9.59 Å². The summed E-state index contributed by atoms with van der Waals surface area (Å²) < 4.78 is 5.66. The molecule has 2 N–H and O–H groups in total. The van der Waals surface area contributed by atoms with Crippen molar-refractivity contribution in [1.29, 1.82) is 0 Å². The van der Waals surface area contributed by atoms with Crippen LogP contribution in [0.4, 0.5) is 5.69 Å². The number of rotatable bonds is 5. The quantitative estimate of drug-likeness (QED) is 0.753. The Labute approximate surface area is 145 Å². The highest BCUT2D eigenvalue weighted by molar-refractivity contribution is 5.96. The molecule has 0 aromatic heterocycles. The van der Waals surface area contributed by atoms with Crippen LogP contribution in [0.15, 0.2) is 66.7 Å². The summed E-state index contributed by atoms with van der Waals surface area (Å²) in [7, 11) is 1.57. The van der Waals surface area contributed by atoms with E-state index in [9.17, 15) is 9.59 Å². The normalized spacial score (nSPS) is 10.3. The highest BCUT2D eigenvalue weighted by Crippen LogP contribution is 2.25. The number of anilines is 1. The van der Waals surface area contributed by atoms with Gasteiger partial charge in [0.15, 0.2) is 6.61 Å². The van der Waals surface area contributed by atoms with Crippen LogP contribution in [0, 0.1) is 0 Å². The zero-order valence-corrected chi connectivity index (χ0v) is 13.8. The van der Waals surface area contributed by atoms with E-state index in [1.165, 1.54) is 0 Å². The van der Waals surface area contributed by atoms with Crippen LogP contribution < -0.4 is 15.4 Å². The lowest BCUT2D eigenvalue weighted by Gasteiger charge is -2.10. The summed E-state index contributed by atoms with van der Waals surface area (Å²) in [5.74, 6) is 0.237. The van der Waals surface area contributed by atoms with Crippen LogP contribution in [0.2, 0.25) is 0 Å². The average molecular weight is 334 g/mol. The Hall–Kier alpha value is -3.34. The molecule has 0 unspecified atom stereocenters. The van der Waals surface area contributed by atoms with Gasteiger partial charge in [0.2, 0.25) is 0 Å². The standard InChI is InChI=1S/C20H18N2O3/c1-21-20(24)15-9-11-16(12-10-15)22-19(23)13-25-18-8-4-6-14-5-2-3-7-17(14)18/h2-12H,13H2,1H3,(H,21,24)(H,22,23). The van der Waals surface area contributed by atoms with Crippen LogP contribution in [0.1, 0.15) is 10.4 Å². The van der Waals surface area contributed by atoms with E-state index in [4.69, 9.17) is 4.74 Å². The second-order valence-electron chi connectivity index (χ2n) is 5.47. The van der Waals surface area contributed by atoms with E-state index in [-0.39, 0.29) is 18.4 Å². The van der Waals surface area contributed by atoms with E-state index in [1.54, 1.807) is 31.3 Å². The molecule has 0 fully saturated rings. The van der Waals surface area contributed by atoms with Gasteiger partial charge in [-0.05, 0) is 35.7 Å². The van der Waals surface area contributed by atoms with Gasteiger partial charge in [0.05, 0.1) is 0 Å². The molecule has 0 heterocycles. The van der Waals surface area contributed by atoms with E-state index in [0.29, 0.717) is 17.0 Å². The number of benzene rings is 3. The molecular weight excluding hydrogens is 316 g/mol. The maximum Gasteiger partial charge on any atom is 0.262 e. The lowest BCUT2D eigenvalue weighted by atomic mass is 10.1. The molecule has 0 aliphatic carbocycles. The van der Waals surface area contributed by atoms with Crippen molar-refractivity contribution in [1.82, 2.24) is 5.32 Å². The molecule has 5 heteroatoms. The van der Waals surface area contributed by atoms with Crippen molar-refractivity contribution in [3.63, 3.8) is 0 Å². The third kappa shape index (κ3) is 3.95. The van der Waals surface area contributed by atoms with Crippen LogP contribution >= 0.6 is 0 Å². The maximum atomic E-state index is 12.1. The minimum atomic E-state index is -0.263. The Morgan fingerprint density at radius 1 is 0.920 bits per heavy atom. The molecular formula is C20H18N2O3. The summed E-state index contributed by atoms with van der Waals surface area (Å²) in [6, 6.07) is 20.2. The number of ether oxygens (including phenoxy) is 1. The number of hydrogen-bond acceptors (Lipinski definition) is 3. The first kappa shape index (κ1) is 16.5. The van der Waals surface area contributed by atoms with Crippen molar-refractivity contribution < 1.29 is 14.3 Å². The second-order valence-corrected chi connectivity index (χ2v) is 5.47. The van der Waals surface area contributed by atoms with Crippen molar-refractivity contribution in [3.05, 3.63) is 72.3 Å². The Balaban J connectivity index is 1.62. The highest BCUT2D eigenvalue weighted by atomic mass is 16.5. The first-order valence-corrected chi connectivity index (χ1v) is 7.90. The van der Waals surface area contributed by atoms with Crippen LogP contribution in [-0.4, -0.2) is 25.5 Å². The number of fused-ring (bicyclic) bond motifs is 1. The molecule has 0 bridgehead atoms.